The number of ether oxygens (including phenoxy) is 1. The highest BCUT2D eigenvalue weighted by Crippen LogP contribution is 2.33. The Balaban J connectivity index is 3.28. The monoisotopic (exact) mass is 227 g/mol. The van der Waals surface area contributed by atoms with Gasteiger partial charge in [-0.25, -0.2) is 0 Å². The number of nitrogens with two attached hydrogens (primary N) is 1. The highest BCUT2D eigenvalue weighted by Gasteiger charge is 2.22. The second-order valence-corrected chi connectivity index (χ2v) is 4.80. The molecule has 0 saturated carbocycles. The first-order valence-electron chi connectivity index (χ1n) is 4.97. The molecule has 2 nitrogen and oxygen atoms in total. The molecule has 84 valence electrons. The molecule has 0 heterocycles. The minimum atomic E-state index is -0.0556. The van der Waals surface area contributed by atoms with Crippen molar-refractivity contribution in [1.29, 1.82) is 0 Å². The maximum atomic E-state index is 6.10. The molecule has 0 aromatic heterocycles. The van der Waals surface area contributed by atoms with E-state index in [2.05, 4.69) is 13.8 Å². The third kappa shape index (κ3) is 2.44. The zero-order valence-electron chi connectivity index (χ0n) is 9.73. The zero-order valence-corrected chi connectivity index (χ0v) is 10.5. The van der Waals surface area contributed by atoms with Crippen LogP contribution in [0.1, 0.15) is 25.0 Å². The van der Waals surface area contributed by atoms with Gasteiger partial charge >= 0.3 is 0 Å². The lowest BCUT2D eigenvalue weighted by molar-refractivity contribution is 0.413. The summed E-state index contributed by atoms with van der Waals surface area (Å²) in [5.41, 5.74) is 8.03. The van der Waals surface area contributed by atoms with E-state index in [1.54, 1.807) is 7.11 Å². The van der Waals surface area contributed by atoms with Gasteiger partial charge in [-0.15, -0.1) is 0 Å². The van der Waals surface area contributed by atoms with Gasteiger partial charge in [-0.2, -0.15) is 0 Å². The Hall–Kier alpha value is -0.730. The zero-order chi connectivity index (χ0) is 11.6. The van der Waals surface area contributed by atoms with E-state index in [1.165, 1.54) is 5.56 Å². The first kappa shape index (κ1) is 12.3. The molecule has 0 amide bonds. The Bertz CT molecular complexity index is 361. The van der Waals surface area contributed by atoms with E-state index in [-0.39, 0.29) is 5.41 Å². The molecule has 0 spiro atoms. The molecule has 1 rings (SSSR count). The van der Waals surface area contributed by atoms with Crippen molar-refractivity contribution in [3.05, 3.63) is 28.3 Å². The highest BCUT2D eigenvalue weighted by atomic mass is 35.5. The Morgan fingerprint density at radius 1 is 1.40 bits per heavy atom. The summed E-state index contributed by atoms with van der Waals surface area (Å²) >= 11 is 6.10. The third-order valence-electron chi connectivity index (χ3n) is 2.74. The van der Waals surface area contributed by atoms with Gasteiger partial charge in [-0.1, -0.05) is 25.4 Å². The van der Waals surface area contributed by atoms with Crippen LogP contribution in [0.4, 0.5) is 0 Å². The molecule has 0 unspecified atom stereocenters. The minimum Gasteiger partial charge on any atom is -0.495 e. The Morgan fingerprint density at radius 2 is 2.00 bits per heavy atom. The lowest BCUT2D eigenvalue weighted by Gasteiger charge is -2.26. The van der Waals surface area contributed by atoms with Gasteiger partial charge in [0.25, 0.3) is 0 Å². The molecular weight excluding hydrogens is 210 g/mol. The van der Waals surface area contributed by atoms with Crippen molar-refractivity contribution in [1.82, 2.24) is 0 Å². The van der Waals surface area contributed by atoms with E-state index in [0.29, 0.717) is 17.3 Å². The molecule has 1 aromatic carbocycles. The van der Waals surface area contributed by atoms with Crippen LogP contribution in [-0.2, 0) is 5.41 Å². The van der Waals surface area contributed by atoms with E-state index < -0.39 is 0 Å². The molecule has 2 N–H and O–H groups in total. The van der Waals surface area contributed by atoms with Crippen LogP contribution in [-0.4, -0.2) is 13.7 Å². The molecule has 0 saturated heterocycles. The van der Waals surface area contributed by atoms with Gasteiger partial charge in [-0.3, -0.25) is 0 Å². The summed E-state index contributed by atoms with van der Waals surface area (Å²) in [6, 6.07) is 3.90. The van der Waals surface area contributed by atoms with Crippen molar-refractivity contribution in [2.75, 3.05) is 13.7 Å². The van der Waals surface area contributed by atoms with Gasteiger partial charge in [-0.05, 0) is 30.2 Å². The number of rotatable bonds is 3. The molecular formula is C12H18ClNO. The lowest BCUT2D eigenvalue weighted by atomic mass is 9.82. The Morgan fingerprint density at radius 3 is 2.47 bits per heavy atom. The van der Waals surface area contributed by atoms with Crippen molar-refractivity contribution in [3.63, 3.8) is 0 Å². The molecule has 0 radical (unpaired) electrons. The SMILES string of the molecule is COc1cc(C)c(C(C)(C)CN)cc1Cl. The number of halogens is 1. The predicted octanol–water partition coefficient (Wildman–Crippen LogP) is 2.89. The largest absolute Gasteiger partial charge is 0.495 e. The van der Waals surface area contributed by atoms with Crippen LogP contribution in [0.25, 0.3) is 0 Å². The standard InChI is InChI=1S/C12H18ClNO/c1-8-5-11(15-4)10(13)6-9(8)12(2,3)7-14/h5-6H,7,14H2,1-4H3. The number of aryl methyl sites for hydroxylation is 1. The van der Waals surface area contributed by atoms with Gasteiger partial charge in [0.2, 0.25) is 0 Å². The second-order valence-electron chi connectivity index (χ2n) is 4.39. The smallest absolute Gasteiger partial charge is 0.137 e. The summed E-state index contributed by atoms with van der Waals surface area (Å²) in [6.45, 7) is 6.86. The summed E-state index contributed by atoms with van der Waals surface area (Å²) < 4.78 is 5.16. The number of hydrogen-bond acceptors (Lipinski definition) is 2. The van der Waals surface area contributed by atoms with Crippen LogP contribution in [0.15, 0.2) is 12.1 Å². The van der Waals surface area contributed by atoms with Gasteiger partial charge in [0.15, 0.2) is 0 Å². The second kappa shape index (κ2) is 4.42. The quantitative estimate of drug-likeness (QED) is 0.862. The maximum Gasteiger partial charge on any atom is 0.137 e. The Labute approximate surface area is 96.4 Å². The summed E-state index contributed by atoms with van der Waals surface area (Å²) in [5.74, 6) is 0.714. The van der Waals surface area contributed by atoms with Gasteiger partial charge in [0.05, 0.1) is 12.1 Å². The molecule has 3 heteroatoms. The molecule has 0 aliphatic rings. The van der Waals surface area contributed by atoms with Crippen LogP contribution in [0.2, 0.25) is 5.02 Å². The van der Waals surface area contributed by atoms with Crippen LogP contribution in [0.5, 0.6) is 5.75 Å². The molecule has 0 atom stereocenters. The lowest BCUT2D eigenvalue weighted by Crippen LogP contribution is -2.29. The minimum absolute atomic E-state index is 0.0556. The molecule has 1 aromatic rings. The third-order valence-corrected chi connectivity index (χ3v) is 3.03. The number of hydrogen-bond donors (Lipinski definition) is 1. The van der Waals surface area contributed by atoms with Crippen molar-refractivity contribution in [2.45, 2.75) is 26.2 Å². The van der Waals surface area contributed by atoms with Gasteiger partial charge < -0.3 is 10.5 Å². The van der Waals surface area contributed by atoms with Crippen LogP contribution < -0.4 is 10.5 Å². The van der Waals surface area contributed by atoms with Crippen molar-refractivity contribution < 1.29 is 4.74 Å². The predicted molar refractivity (Wildman–Crippen MR) is 64.8 cm³/mol. The van der Waals surface area contributed by atoms with Crippen LogP contribution in [0.3, 0.4) is 0 Å². The Kier molecular flexibility index (Phi) is 3.63. The molecule has 0 fully saturated rings. The molecule has 0 bridgehead atoms. The van der Waals surface area contributed by atoms with E-state index in [0.717, 1.165) is 5.56 Å². The average molecular weight is 228 g/mol. The topological polar surface area (TPSA) is 35.2 Å². The van der Waals surface area contributed by atoms with E-state index >= 15 is 0 Å². The normalized spacial score (nSPS) is 11.6. The summed E-state index contributed by atoms with van der Waals surface area (Å²) in [7, 11) is 1.62. The van der Waals surface area contributed by atoms with Crippen LogP contribution >= 0.6 is 11.6 Å². The summed E-state index contributed by atoms with van der Waals surface area (Å²) in [6.07, 6.45) is 0. The maximum absolute atomic E-state index is 6.10. The van der Waals surface area contributed by atoms with Crippen molar-refractivity contribution in [2.24, 2.45) is 5.73 Å². The molecule has 0 aliphatic heterocycles. The average Bonchev–Trinajstić information content (AvgIpc) is 2.20. The van der Waals surface area contributed by atoms with Crippen molar-refractivity contribution in [3.8, 4) is 5.75 Å². The highest BCUT2D eigenvalue weighted by molar-refractivity contribution is 6.32. The van der Waals surface area contributed by atoms with Gasteiger partial charge in [0.1, 0.15) is 5.75 Å². The van der Waals surface area contributed by atoms with E-state index in [9.17, 15) is 0 Å². The number of benzene rings is 1. The van der Waals surface area contributed by atoms with E-state index in [4.69, 9.17) is 22.1 Å². The first-order valence-corrected chi connectivity index (χ1v) is 5.35. The fraction of sp³-hybridized carbons (Fsp3) is 0.500. The fourth-order valence-electron chi connectivity index (χ4n) is 1.65. The van der Waals surface area contributed by atoms with Gasteiger partial charge in [0, 0.05) is 12.0 Å². The van der Waals surface area contributed by atoms with Crippen molar-refractivity contribution >= 4 is 11.6 Å². The van der Waals surface area contributed by atoms with Crippen LogP contribution in [0, 0.1) is 6.92 Å². The number of methoxy groups -OCH3 is 1. The fourth-order valence-corrected chi connectivity index (χ4v) is 1.89. The summed E-state index contributed by atoms with van der Waals surface area (Å²) in [4.78, 5) is 0. The van der Waals surface area contributed by atoms with E-state index in [1.807, 2.05) is 19.1 Å². The first-order chi connectivity index (χ1) is 6.92. The summed E-state index contributed by atoms with van der Waals surface area (Å²) in [5, 5.41) is 0.639. The molecule has 0 aliphatic carbocycles. The molecule has 15 heavy (non-hydrogen) atoms.